The number of ether oxygens (including phenoxy) is 1. The van der Waals surface area contributed by atoms with Gasteiger partial charge >= 0.3 is 0 Å². The van der Waals surface area contributed by atoms with Crippen molar-refractivity contribution >= 4 is 17.6 Å². The lowest BCUT2D eigenvalue weighted by atomic mass is 10.0. The molecule has 2 aromatic heterocycles. The average molecular weight is 414 g/mol. The zero-order valence-electron chi connectivity index (χ0n) is 17.7. The van der Waals surface area contributed by atoms with Gasteiger partial charge in [0.05, 0.1) is 11.9 Å². The molecule has 2 aliphatic heterocycles. The van der Waals surface area contributed by atoms with E-state index in [1.807, 2.05) is 36.5 Å². The first kappa shape index (κ1) is 19.5. The van der Waals surface area contributed by atoms with E-state index in [4.69, 9.17) is 4.74 Å². The van der Waals surface area contributed by atoms with E-state index in [1.165, 1.54) is 24.1 Å². The van der Waals surface area contributed by atoms with Gasteiger partial charge in [-0.05, 0) is 61.6 Å². The Morgan fingerprint density at radius 1 is 0.871 bits per heavy atom. The summed E-state index contributed by atoms with van der Waals surface area (Å²) in [7, 11) is 0. The van der Waals surface area contributed by atoms with Gasteiger partial charge in [0.1, 0.15) is 5.75 Å². The van der Waals surface area contributed by atoms with E-state index in [0.717, 1.165) is 56.2 Å². The van der Waals surface area contributed by atoms with Crippen LogP contribution in [0.15, 0.2) is 66.5 Å². The topological polar surface area (TPSA) is 54.4 Å². The molecule has 158 valence electrons. The lowest BCUT2D eigenvalue weighted by Gasteiger charge is -2.29. The quantitative estimate of drug-likeness (QED) is 0.590. The van der Waals surface area contributed by atoms with Crippen LogP contribution in [0.4, 0.5) is 11.5 Å². The Kier molecular flexibility index (Phi) is 5.78. The average Bonchev–Trinajstić information content (AvgIpc) is 3.36. The Balaban J connectivity index is 1.21. The van der Waals surface area contributed by atoms with Crippen LogP contribution in [0.1, 0.15) is 31.2 Å². The fourth-order valence-corrected chi connectivity index (χ4v) is 4.25. The second-order valence-electron chi connectivity index (χ2n) is 8.09. The Labute approximate surface area is 183 Å². The van der Waals surface area contributed by atoms with Crippen LogP contribution >= 0.6 is 0 Å². The fourth-order valence-electron chi connectivity index (χ4n) is 4.25. The minimum Gasteiger partial charge on any atom is -0.439 e. The van der Waals surface area contributed by atoms with Crippen molar-refractivity contribution in [1.82, 2.24) is 15.2 Å². The van der Waals surface area contributed by atoms with Gasteiger partial charge in [-0.15, -0.1) is 5.10 Å². The molecule has 0 aliphatic carbocycles. The van der Waals surface area contributed by atoms with Gasteiger partial charge in [-0.25, -0.2) is 4.98 Å². The highest BCUT2D eigenvalue weighted by Crippen LogP contribution is 2.27. The van der Waals surface area contributed by atoms with Crippen LogP contribution in [0.2, 0.25) is 0 Å². The summed E-state index contributed by atoms with van der Waals surface area (Å²) in [4.78, 5) is 9.17. The maximum atomic E-state index is 6.02. The number of anilines is 2. The van der Waals surface area contributed by atoms with Crippen molar-refractivity contribution in [2.24, 2.45) is 0 Å². The molecule has 4 heterocycles. The van der Waals surface area contributed by atoms with Crippen molar-refractivity contribution in [3.8, 4) is 11.6 Å². The molecular weight excluding hydrogens is 386 g/mol. The first-order chi connectivity index (χ1) is 15.3. The second kappa shape index (κ2) is 9.16. The highest BCUT2D eigenvalue weighted by atomic mass is 16.5. The molecule has 0 radical (unpaired) electrons. The number of hydrogen-bond acceptors (Lipinski definition) is 6. The molecule has 2 aliphatic rings. The Morgan fingerprint density at radius 3 is 2.48 bits per heavy atom. The number of aromatic nitrogens is 3. The molecule has 0 bridgehead atoms. The maximum Gasteiger partial charge on any atom is 0.219 e. The Morgan fingerprint density at radius 2 is 1.74 bits per heavy atom. The number of rotatable bonds is 5. The van der Waals surface area contributed by atoms with E-state index >= 15 is 0 Å². The molecule has 0 atom stereocenters. The van der Waals surface area contributed by atoms with Gasteiger partial charge in [0.15, 0.2) is 5.82 Å². The first-order valence-corrected chi connectivity index (χ1v) is 11.0. The standard InChI is InChI=1S/C25H27N5O/c1-2-14-29(13-1)22-8-9-25(26-19-22)31-23-6-3-5-21(18-23)17-20-10-15-30(16-11-20)24-7-4-12-27-28-24/h3-9,12,17-19H,1-2,10-11,13-16H2. The molecule has 5 rings (SSSR count). The number of hydrogen-bond donors (Lipinski definition) is 0. The van der Waals surface area contributed by atoms with Crippen LogP contribution in [-0.4, -0.2) is 41.4 Å². The molecule has 0 saturated carbocycles. The summed E-state index contributed by atoms with van der Waals surface area (Å²) in [5.41, 5.74) is 3.79. The second-order valence-corrected chi connectivity index (χ2v) is 8.09. The molecule has 0 N–H and O–H groups in total. The molecule has 31 heavy (non-hydrogen) atoms. The number of pyridine rings is 1. The monoisotopic (exact) mass is 413 g/mol. The van der Waals surface area contributed by atoms with E-state index < -0.39 is 0 Å². The summed E-state index contributed by atoms with van der Waals surface area (Å²) in [6.07, 6.45) is 10.5. The predicted molar refractivity (Wildman–Crippen MR) is 124 cm³/mol. The molecule has 0 amide bonds. The van der Waals surface area contributed by atoms with E-state index in [1.54, 1.807) is 6.20 Å². The van der Waals surface area contributed by atoms with Crippen LogP contribution in [0.3, 0.4) is 0 Å². The summed E-state index contributed by atoms with van der Waals surface area (Å²) < 4.78 is 6.02. The third-order valence-electron chi connectivity index (χ3n) is 5.93. The number of nitrogens with zero attached hydrogens (tertiary/aromatic N) is 5. The molecule has 0 unspecified atom stereocenters. The van der Waals surface area contributed by atoms with Crippen molar-refractivity contribution in [1.29, 1.82) is 0 Å². The lowest BCUT2D eigenvalue weighted by Crippen LogP contribution is -2.31. The van der Waals surface area contributed by atoms with Crippen molar-refractivity contribution in [2.45, 2.75) is 25.7 Å². The van der Waals surface area contributed by atoms with E-state index in [9.17, 15) is 0 Å². The highest BCUT2D eigenvalue weighted by molar-refractivity contribution is 5.56. The Hall–Kier alpha value is -3.41. The maximum absolute atomic E-state index is 6.02. The molecule has 6 heteroatoms. The molecule has 2 saturated heterocycles. The molecule has 2 fully saturated rings. The molecular formula is C25H27N5O. The lowest BCUT2D eigenvalue weighted by molar-refractivity contribution is 0.463. The van der Waals surface area contributed by atoms with Crippen molar-refractivity contribution in [3.05, 3.63) is 72.1 Å². The molecule has 1 aromatic carbocycles. The SMILES string of the molecule is C(=C1CCN(c2cccnn2)CC1)c1cccc(Oc2ccc(N3CCCC3)cn2)c1. The first-order valence-electron chi connectivity index (χ1n) is 11.0. The van der Waals surface area contributed by atoms with Crippen molar-refractivity contribution in [2.75, 3.05) is 36.0 Å². The predicted octanol–water partition coefficient (Wildman–Crippen LogP) is 4.95. The van der Waals surface area contributed by atoms with Gasteiger partial charge in [-0.2, -0.15) is 5.10 Å². The number of benzene rings is 1. The van der Waals surface area contributed by atoms with E-state index in [0.29, 0.717) is 5.88 Å². The molecule has 0 spiro atoms. The van der Waals surface area contributed by atoms with Crippen LogP contribution in [-0.2, 0) is 0 Å². The highest BCUT2D eigenvalue weighted by Gasteiger charge is 2.16. The normalized spacial score (nSPS) is 16.5. The molecule has 6 nitrogen and oxygen atoms in total. The van der Waals surface area contributed by atoms with Gasteiger partial charge < -0.3 is 14.5 Å². The summed E-state index contributed by atoms with van der Waals surface area (Å²) in [5, 5.41) is 8.21. The minimum atomic E-state index is 0.630. The van der Waals surface area contributed by atoms with Crippen LogP contribution < -0.4 is 14.5 Å². The fraction of sp³-hybridized carbons (Fsp3) is 0.320. The van der Waals surface area contributed by atoms with Gasteiger partial charge in [-0.3, -0.25) is 0 Å². The van der Waals surface area contributed by atoms with Crippen molar-refractivity contribution < 1.29 is 4.74 Å². The molecule has 3 aromatic rings. The van der Waals surface area contributed by atoms with E-state index in [2.05, 4.69) is 49.3 Å². The summed E-state index contributed by atoms with van der Waals surface area (Å²) >= 11 is 0. The van der Waals surface area contributed by atoms with Gasteiger partial charge in [0.2, 0.25) is 5.88 Å². The summed E-state index contributed by atoms with van der Waals surface area (Å²) in [5.74, 6) is 2.40. The minimum absolute atomic E-state index is 0.630. The van der Waals surface area contributed by atoms with E-state index in [-0.39, 0.29) is 0 Å². The van der Waals surface area contributed by atoms with Crippen LogP contribution in [0.5, 0.6) is 11.6 Å². The van der Waals surface area contributed by atoms with Gasteiger partial charge in [0, 0.05) is 38.4 Å². The third-order valence-corrected chi connectivity index (χ3v) is 5.93. The smallest absolute Gasteiger partial charge is 0.219 e. The van der Waals surface area contributed by atoms with Crippen molar-refractivity contribution in [3.63, 3.8) is 0 Å². The van der Waals surface area contributed by atoms with Crippen LogP contribution in [0.25, 0.3) is 6.08 Å². The van der Waals surface area contributed by atoms with Crippen LogP contribution in [0, 0.1) is 0 Å². The zero-order chi connectivity index (χ0) is 20.9. The summed E-state index contributed by atoms with van der Waals surface area (Å²) in [6.45, 7) is 4.17. The third kappa shape index (κ3) is 4.85. The van der Waals surface area contributed by atoms with Gasteiger partial charge in [0.25, 0.3) is 0 Å². The largest absolute Gasteiger partial charge is 0.439 e. The summed E-state index contributed by atoms with van der Waals surface area (Å²) in [6, 6.07) is 16.2. The Bertz CT molecular complexity index is 1020. The number of piperidine rings is 1. The van der Waals surface area contributed by atoms with Gasteiger partial charge in [-0.1, -0.05) is 23.8 Å². The zero-order valence-corrected chi connectivity index (χ0v) is 17.7.